The molecule has 0 saturated heterocycles. The van der Waals surface area contributed by atoms with E-state index in [0.29, 0.717) is 37.6 Å². The smallest absolute Gasteiger partial charge is 0.407 e. The van der Waals surface area contributed by atoms with Crippen LogP contribution < -0.4 is 27.2 Å². The van der Waals surface area contributed by atoms with E-state index in [1.54, 1.807) is 6.92 Å². The molecule has 29 heavy (non-hydrogen) atoms. The summed E-state index contributed by atoms with van der Waals surface area (Å²) in [5.41, 5.74) is 5.40. The van der Waals surface area contributed by atoms with E-state index in [2.05, 4.69) is 25.9 Å². The molecule has 1 aromatic rings. The number of rotatable bonds is 12. The first kappa shape index (κ1) is 24.3. The molecule has 0 saturated carbocycles. The third kappa shape index (κ3) is 13.1. The number of amidine groups is 1. The van der Waals surface area contributed by atoms with Gasteiger partial charge in [-0.2, -0.15) is 0 Å². The third-order valence-electron chi connectivity index (χ3n) is 3.54. The molecule has 0 radical (unpaired) electrons. The van der Waals surface area contributed by atoms with Crippen molar-refractivity contribution in [3.63, 3.8) is 0 Å². The molecule has 11 nitrogen and oxygen atoms in total. The quantitative estimate of drug-likeness (QED) is 0.166. The van der Waals surface area contributed by atoms with Crippen molar-refractivity contribution in [1.29, 1.82) is 5.41 Å². The summed E-state index contributed by atoms with van der Waals surface area (Å²) < 4.78 is 5.00. The average molecular weight is 428 g/mol. The molecule has 12 heteroatoms. The number of anilines is 1. The molecule has 0 bridgehead atoms. The molecule has 0 aliphatic rings. The monoisotopic (exact) mass is 427 g/mol. The predicted molar refractivity (Wildman–Crippen MR) is 113 cm³/mol. The highest BCUT2D eigenvalue weighted by atomic mass is 32.2. The van der Waals surface area contributed by atoms with Gasteiger partial charge in [0.1, 0.15) is 0 Å². The Kier molecular flexibility index (Phi) is 11.9. The summed E-state index contributed by atoms with van der Waals surface area (Å²) in [7, 11) is 0. The second kappa shape index (κ2) is 14.3. The number of nitrogens with two attached hydrogens (primary N) is 1. The van der Waals surface area contributed by atoms with Gasteiger partial charge in [0.05, 0.1) is 6.61 Å². The first-order chi connectivity index (χ1) is 13.9. The van der Waals surface area contributed by atoms with Crippen LogP contribution in [-0.2, 0) is 4.74 Å². The van der Waals surface area contributed by atoms with Crippen LogP contribution in [0.5, 0.6) is 0 Å². The molecule has 0 unspecified atom stereocenters. The Morgan fingerprint density at radius 2 is 1.90 bits per heavy atom. The second-order valence-electron chi connectivity index (χ2n) is 6.16. The summed E-state index contributed by atoms with van der Waals surface area (Å²) >= 11 is 1.22. The largest absolute Gasteiger partial charge is 0.450 e. The number of hydrogen-bond acceptors (Lipinski definition) is 7. The van der Waals surface area contributed by atoms with Gasteiger partial charge in [-0.05, 0) is 26.2 Å². The van der Waals surface area contributed by atoms with Crippen LogP contribution in [0, 0.1) is 12.3 Å². The second-order valence-corrected chi connectivity index (χ2v) is 7.30. The first-order valence-corrected chi connectivity index (χ1v) is 10.4. The number of ether oxygens (including phenoxy) is 1. The zero-order valence-corrected chi connectivity index (χ0v) is 17.3. The SMILES string of the molecule is Cc1cc(=O)[nH]c(NC(=O)NCCCCCCNC(=O)OCCCSC(=N)N)n1. The van der Waals surface area contributed by atoms with Crippen LogP contribution >= 0.6 is 11.8 Å². The lowest BCUT2D eigenvalue weighted by atomic mass is 10.2. The topological polar surface area (TPSA) is 175 Å². The van der Waals surface area contributed by atoms with Crippen LogP contribution in [-0.4, -0.2) is 52.7 Å². The predicted octanol–water partition coefficient (Wildman–Crippen LogP) is 1.50. The van der Waals surface area contributed by atoms with Crippen LogP contribution in [0.2, 0.25) is 0 Å². The first-order valence-electron chi connectivity index (χ1n) is 9.37. The van der Waals surface area contributed by atoms with Gasteiger partial charge in [0, 0.05) is 30.6 Å². The van der Waals surface area contributed by atoms with E-state index in [4.69, 9.17) is 15.9 Å². The van der Waals surface area contributed by atoms with Crippen LogP contribution in [0.25, 0.3) is 0 Å². The molecule has 0 aliphatic carbocycles. The zero-order valence-electron chi connectivity index (χ0n) is 16.5. The summed E-state index contributed by atoms with van der Waals surface area (Å²) in [6.45, 7) is 2.99. The Morgan fingerprint density at radius 1 is 1.21 bits per heavy atom. The number of alkyl carbamates (subject to hydrolysis) is 1. The number of nitrogens with one attached hydrogen (secondary N) is 5. The highest BCUT2D eigenvalue weighted by Gasteiger charge is 2.04. The van der Waals surface area contributed by atoms with Crippen molar-refractivity contribution < 1.29 is 14.3 Å². The fourth-order valence-corrected chi connectivity index (χ4v) is 2.72. The van der Waals surface area contributed by atoms with Crippen LogP contribution in [0.3, 0.4) is 0 Å². The Morgan fingerprint density at radius 3 is 2.55 bits per heavy atom. The minimum Gasteiger partial charge on any atom is -0.450 e. The summed E-state index contributed by atoms with van der Waals surface area (Å²) in [6.07, 6.45) is 3.62. The van der Waals surface area contributed by atoms with Crippen molar-refractivity contribution in [3.8, 4) is 0 Å². The molecule has 0 fully saturated rings. The van der Waals surface area contributed by atoms with Crippen molar-refractivity contribution in [2.45, 2.75) is 39.0 Å². The summed E-state index contributed by atoms with van der Waals surface area (Å²) in [5, 5.41) is 15.0. The van der Waals surface area contributed by atoms with Crippen molar-refractivity contribution in [2.24, 2.45) is 5.73 Å². The van der Waals surface area contributed by atoms with Crippen LogP contribution in [0.4, 0.5) is 15.5 Å². The van der Waals surface area contributed by atoms with E-state index in [0.717, 1.165) is 25.7 Å². The lowest BCUT2D eigenvalue weighted by Crippen LogP contribution is -2.31. The van der Waals surface area contributed by atoms with Crippen molar-refractivity contribution >= 4 is 35.0 Å². The molecule has 0 atom stereocenters. The van der Waals surface area contributed by atoms with E-state index in [1.165, 1.54) is 17.8 Å². The number of thioether (sulfide) groups is 1. The molecule has 7 N–H and O–H groups in total. The zero-order chi connectivity index (χ0) is 21.5. The normalized spacial score (nSPS) is 10.2. The average Bonchev–Trinajstić information content (AvgIpc) is 2.62. The number of nitrogens with zero attached hydrogens (tertiary/aromatic N) is 1. The fraction of sp³-hybridized carbons (Fsp3) is 0.588. The van der Waals surface area contributed by atoms with Gasteiger partial charge in [-0.15, -0.1) is 0 Å². The number of carbonyl (C=O) groups is 2. The molecule has 162 valence electrons. The van der Waals surface area contributed by atoms with E-state index in [9.17, 15) is 14.4 Å². The highest BCUT2D eigenvalue weighted by Crippen LogP contribution is 2.01. The number of aromatic amines is 1. The fourth-order valence-electron chi connectivity index (χ4n) is 2.24. The van der Waals surface area contributed by atoms with Gasteiger partial charge in [-0.25, -0.2) is 14.6 Å². The minimum atomic E-state index is -0.445. The van der Waals surface area contributed by atoms with E-state index in [1.807, 2.05) is 0 Å². The van der Waals surface area contributed by atoms with Gasteiger partial charge in [0.2, 0.25) is 5.95 Å². The number of H-pyrrole nitrogens is 1. The lowest BCUT2D eigenvalue weighted by Gasteiger charge is -2.08. The Balaban J connectivity index is 1.96. The lowest BCUT2D eigenvalue weighted by molar-refractivity contribution is 0.146. The number of urea groups is 1. The molecule has 3 amide bonds. The van der Waals surface area contributed by atoms with Crippen molar-refractivity contribution in [2.75, 3.05) is 30.8 Å². The summed E-state index contributed by atoms with van der Waals surface area (Å²) in [4.78, 5) is 41.0. The Bertz CT molecular complexity index is 726. The maximum absolute atomic E-state index is 11.7. The van der Waals surface area contributed by atoms with Crippen molar-refractivity contribution in [1.82, 2.24) is 20.6 Å². The van der Waals surface area contributed by atoms with Crippen LogP contribution in [0.15, 0.2) is 10.9 Å². The van der Waals surface area contributed by atoms with E-state index < -0.39 is 12.1 Å². The standard InChI is InChI=1S/C17H29N7O4S/c1-12-11-13(25)23-15(22-12)24-16(26)20-7-4-2-3-5-8-21-17(27)28-9-6-10-29-14(18)19/h11H,2-10H2,1H3,(H3,18,19)(H,21,27)(H3,20,22,23,24,25,26). The number of aryl methyl sites for hydroxylation is 1. The highest BCUT2D eigenvalue weighted by molar-refractivity contribution is 8.13. The molecule has 1 heterocycles. The number of amides is 3. The molecule has 0 spiro atoms. The van der Waals surface area contributed by atoms with Gasteiger partial charge < -0.3 is 21.1 Å². The Hall–Kier alpha value is -2.76. The Labute approximate surface area is 173 Å². The van der Waals surface area contributed by atoms with Gasteiger partial charge in [0.25, 0.3) is 5.56 Å². The maximum atomic E-state index is 11.7. The molecular formula is C17H29N7O4S. The third-order valence-corrected chi connectivity index (χ3v) is 4.34. The van der Waals surface area contributed by atoms with Gasteiger partial charge in [-0.1, -0.05) is 24.6 Å². The van der Waals surface area contributed by atoms with Crippen molar-refractivity contribution in [3.05, 3.63) is 22.1 Å². The van der Waals surface area contributed by atoms with Gasteiger partial charge in [-0.3, -0.25) is 20.5 Å². The molecule has 1 aromatic heterocycles. The van der Waals surface area contributed by atoms with E-state index >= 15 is 0 Å². The van der Waals surface area contributed by atoms with E-state index in [-0.39, 0.29) is 16.7 Å². The number of carbonyl (C=O) groups excluding carboxylic acids is 2. The molecule has 1 rings (SSSR count). The number of hydrogen-bond donors (Lipinski definition) is 6. The maximum Gasteiger partial charge on any atom is 0.407 e. The van der Waals surface area contributed by atoms with Gasteiger partial charge >= 0.3 is 12.1 Å². The molecular weight excluding hydrogens is 398 g/mol. The molecule has 0 aliphatic heterocycles. The van der Waals surface area contributed by atoms with Gasteiger partial charge in [0.15, 0.2) is 5.17 Å². The number of unbranched alkanes of at least 4 members (excludes halogenated alkanes) is 3. The summed E-state index contributed by atoms with van der Waals surface area (Å²) in [5.74, 6) is 0.761. The van der Waals surface area contributed by atoms with Crippen LogP contribution in [0.1, 0.15) is 37.8 Å². The molecule has 0 aromatic carbocycles. The number of aromatic nitrogens is 2. The summed E-state index contributed by atoms with van der Waals surface area (Å²) in [6, 6.07) is 0.915. The minimum absolute atomic E-state index is 0.0601.